The number of hydrogen-bond acceptors (Lipinski definition) is 4. The first kappa shape index (κ1) is 16.6. The lowest BCUT2D eigenvalue weighted by atomic mass is 10.1. The van der Waals surface area contributed by atoms with Crippen LogP contribution in [0.15, 0.2) is 59.5 Å². The van der Waals surface area contributed by atoms with E-state index in [1.807, 2.05) is 18.2 Å². The molecule has 6 heteroatoms. The maximum atomic E-state index is 13.1. The number of carbonyl (C=O) groups excluding carboxylic acids is 1. The fourth-order valence-corrected chi connectivity index (χ4v) is 5.09. The zero-order chi connectivity index (χ0) is 18.5. The molecule has 0 bridgehead atoms. The Morgan fingerprint density at radius 1 is 1.08 bits per heavy atom. The van der Waals surface area contributed by atoms with E-state index in [1.165, 1.54) is 18.3 Å². The number of sulfonamides is 1. The maximum Gasteiger partial charge on any atom is 0.265 e. The van der Waals surface area contributed by atoms with Crippen molar-refractivity contribution in [3.8, 4) is 5.75 Å². The average Bonchev–Trinajstić information content (AvgIpc) is 2.85. The van der Waals surface area contributed by atoms with Crippen LogP contribution in [0, 0.1) is 0 Å². The highest BCUT2D eigenvalue weighted by Crippen LogP contribution is 2.43. The molecule has 0 unspecified atom stereocenters. The number of rotatable bonds is 4. The Morgan fingerprint density at radius 3 is 2.50 bits per heavy atom. The van der Waals surface area contributed by atoms with Gasteiger partial charge in [0.2, 0.25) is 0 Å². The van der Waals surface area contributed by atoms with Crippen LogP contribution in [0.4, 0.5) is 5.69 Å². The van der Waals surface area contributed by atoms with Gasteiger partial charge in [0.1, 0.15) is 5.75 Å². The van der Waals surface area contributed by atoms with Gasteiger partial charge in [-0.05, 0) is 42.6 Å². The third kappa shape index (κ3) is 2.37. The summed E-state index contributed by atoms with van der Waals surface area (Å²) in [5, 5.41) is 1.62. The van der Waals surface area contributed by atoms with Gasteiger partial charge in [-0.15, -0.1) is 0 Å². The molecule has 0 aromatic heterocycles. The van der Waals surface area contributed by atoms with E-state index in [2.05, 4.69) is 0 Å². The fraction of sp³-hybridized carbons (Fsp3) is 0.150. The van der Waals surface area contributed by atoms with Gasteiger partial charge < -0.3 is 4.74 Å². The fourth-order valence-electron chi connectivity index (χ4n) is 3.40. The van der Waals surface area contributed by atoms with Crippen molar-refractivity contribution in [2.45, 2.75) is 18.4 Å². The predicted molar refractivity (Wildman–Crippen MR) is 100 cm³/mol. The van der Waals surface area contributed by atoms with Gasteiger partial charge in [-0.2, -0.15) is 0 Å². The van der Waals surface area contributed by atoms with Crippen LogP contribution in [-0.4, -0.2) is 21.3 Å². The van der Waals surface area contributed by atoms with Crippen molar-refractivity contribution in [2.75, 3.05) is 11.4 Å². The highest BCUT2D eigenvalue weighted by molar-refractivity contribution is 7.93. The maximum absolute atomic E-state index is 13.1. The quantitative estimate of drug-likeness (QED) is 0.659. The number of benzene rings is 3. The molecular formula is C20H17NO4S. The van der Waals surface area contributed by atoms with Crippen LogP contribution in [0.3, 0.4) is 0 Å². The van der Waals surface area contributed by atoms with Crippen LogP contribution in [0.1, 0.15) is 22.8 Å². The van der Waals surface area contributed by atoms with E-state index in [-0.39, 0.29) is 12.3 Å². The second-order valence-electron chi connectivity index (χ2n) is 6.23. The van der Waals surface area contributed by atoms with E-state index < -0.39 is 10.0 Å². The molecule has 0 fully saturated rings. The lowest BCUT2D eigenvalue weighted by molar-refractivity contribution is 0.101. The zero-order valence-corrected chi connectivity index (χ0v) is 15.2. The van der Waals surface area contributed by atoms with Gasteiger partial charge >= 0.3 is 0 Å². The summed E-state index contributed by atoms with van der Waals surface area (Å²) in [5.74, 6) is 0.469. The van der Waals surface area contributed by atoms with Crippen molar-refractivity contribution in [2.24, 2.45) is 0 Å². The number of anilines is 1. The van der Waals surface area contributed by atoms with Gasteiger partial charge in [0.25, 0.3) is 10.0 Å². The van der Waals surface area contributed by atoms with Gasteiger partial charge in [0.05, 0.1) is 24.2 Å². The molecule has 0 spiro atoms. The Hall–Kier alpha value is -2.86. The number of Topliss-reactive ketones (excluding diaryl/α,β-unsaturated/α-hetero) is 1. The first-order chi connectivity index (χ1) is 12.4. The number of nitrogens with zero attached hydrogens (tertiary/aromatic N) is 1. The van der Waals surface area contributed by atoms with Gasteiger partial charge in [-0.1, -0.05) is 24.3 Å². The molecule has 0 radical (unpaired) electrons. The minimum Gasteiger partial charge on any atom is -0.496 e. The van der Waals surface area contributed by atoms with E-state index in [0.717, 1.165) is 10.8 Å². The Labute approximate surface area is 151 Å². The van der Waals surface area contributed by atoms with Crippen LogP contribution in [0.5, 0.6) is 5.75 Å². The topological polar surface area (TPSA) is 63.7 Å². The van der Waals surface area contributed by atoms with E-state index >= 15 is 0 Å². The van der Waals surface area contributed by atoms with E-state index in [0.29, 0.717) is 27.5 Å². The van der Waals surface area contributed by atoms with Crippen molar-refractivity contribution in [1.29, 1.82) is 0 Å². The van der Waals surface area contributed by atoms with Gasteiger partial charge in [-0.3, -0.25) is 9.10 Å². The summed E-state index contributed by atoms with van der Waals surface area (Å²) < 4.78 is 33.0. The molecule has 3 aromatic rings. The number of carbonyl (C=O) groups is 1. The molecule has 0 saturated carbocycles. The van der Waals surface area contributed by atoms with E-state index in [9.17, 15) is 13.2 Å². The molecule has 1 heterocycles. The molecule has 4 rings (SSSR count). The molecule has 26 heavy (non-hydrogen) atoms. The number of hydrogen-bond donors (Lipinski definition) is 0. The second kappa shape index (κ2) is 5.85. The largest absolute Gasteiger partial charge is 0.496 e. The first-order valence-corrected chi connectivity index (χ1v) is 9.60. The first-order valence-electron chi connectivity index (χ1n) is 8.16. The lowest BCUT2D eigenvalue weighted by Crippen LogP contribution is -2.26. The zero-order valence-electron chi connectivity index (χ0n) is 14.4. The normalized spacial score (nSPS) is 14.6. The third-order valence-electron chi connectivity index (χ3n) is 4.68. The van der Waals surface area contributed by atoms with Crippen molar-refractivity contribution >= 4 is 32.3 Å². The Balaban J connectivity index is 1.87. The Bertz CT molecular complexity index is 1150. The monoisotopic (exact) mass is 367 g/mol. The summed E-state index contributed by atoms with van der Waals surface area (Å²) in [7, 11) is -2.13. The average molecular weight is 367 g/mol. The van der Waals surface area contributed by atoms with E-state index in [4.69, 9.17) is 4.74 Å². The van der Waals surface area contributed by atoms with Crippen molar-refractivity contribution in [3.05, 3.63) is 65.7 Å². The molecule has 132 valence electrons. The summed E-state index contributed by atoms with van der Waals surface area (Å²) in [6.45, 7) is 1.58. The summed E-state index contributed by atoms with van der Waals surface area (Å²) in [4.78, 5) is 12.0. The predicted octanol–water partition coefficient (Wildman–Crippen LogP) is 3.76. The number of ether oxygens (including phenoxy) is 1. The van der Waals surface area contributed by atoms with Gasteiger partial charge in [-0.25, -0.2) is 8.42 Å². The summed E-state index contributed by atoms with van der Waals surface area (Å²) in [5.41, 5.74) is 1.81. The Kier molecular flexibility index (Phi) is 3.73. The molecular weight excluding hydrogens is 350 g/mol. The molecule has 1 aliphatic rings. The van der Waals surface area contributed by atoms with Crippen LogP contribution in [-0.2, 0) is 16.6 Å². The summed E-state index contributed by atoms with van der Waals surface area (Å²) in [6, 6.07) is 15.9. The van der Waals surface area contributed by atoms with Gasteiger partial charge in [0, 0.05) is 16.5 Å². The van der Waals surface area contributed by atoms with Crippen molar-refractivity contribution in [3.63, 3.8) is 0 Å². The minimum atomic E-state index is -3.66. The molecule has 0 saturated heterocycles. The molecule has 0 atom stereocenters. The van der Waals surface area contributed by atoms with E-state index in [1.54, 1.807) is 36.4 Å². The minimum absolute atomic E-state index is 0.0800. The van der Waals surface area contributed by atoms with Gasteiger partial charge in [0.15, 0.2) is 5.78 Å². The Morgan fingerprint density at radius 2 is 1.81 bits per heavy atom. The van der Waals surface area contributed by atoms with Crippen LogP contribution in [0.25, 0.3) is 10.8 Å². The van der Waals surface area contributed by atoms with Crippen LogP contribution >= 0.6 is 0 Å². The smallest absolute Gasteiger partial charge is 0.265 e. The molecule has 3 aromatic carbocycles. The van der Waals surface area contributed by atoms with Crippen molar-refractivity contribution < 1.29 is 17.9 Å². The molecule has 0 amide bonds. The molecule has 0 N–H and O–H groups in total. The van der Waals surface area contributed by atoms with Crippen LogP contribution in [0.2, 0.25) is 0 Å². The van der Waals surface area contributed by atoms with Crippen LogP contribution < -0.4 is 9.04 Å². The summed E-state index contributed by atoms with van der Waals surface area (Å²) >= 11 is 0. The second-order valence-corrected chi connectivity index (χ2v) is 8.06. The third-order valence-corrected chi connectivity index (χ3v) is 6.48. The molecule has 1 aliphatic heterocycles. The van der Waals surface area contributed by atoms with Crippen molar-refractivity contribution in [1.82, 2.24) is 0 Å². The SMILES string of the molecule is COc1ccc(C(C)=O)cc1CN1c2cccc3cccc(c23)S1(=O)=O. The number of methoxy groups -OCH3 is 1. The highest BCUT2D eigenvalue weighted by atomic mass is 32.2. The molecule has 5 nitrogen and oxygen atoms in total. The molecule has 0 aliphatic carbocycles. The number of ketones is 1. The lowest BCUT2D eigenvalue weighted by Gasteiger charge is -2.20. The highest BCUT2D eigenvalue weighted by Gasteiger charge is 2.35. The summed E-state index contributed by atoms with van der Waals surface area (Å²) in [6.07, 6.45) is 0. The standard InChI is InChI=1S/C20H17NO4S/c1-13(22)15-9-10-18(25-2)16(11-15)12-21-17-7-3-5-14-6-4-8-19(20(14)17)26(21,23)24/h3-11H,12H2,1-2H3.